The van der Waals surface area contributed by atoms with Crippen molar-refractivity contribution in [3.63, 3.8) is 0 Å². The molecule has 2 aromatic rings. The lowest BCUT2D eigenvalue weighted by molar-refractivity contribution is 0.211. The molecule has 0 atom stereocenters. The summed E-state index contributed by atoms with van der Waals surface area (Å²) in [7, 11) is 2.01. The molecule has 0 unspecified atom stereocenters. The molecule has 1 N–H and O–H groups in total. The van der Waals surface area contributed by atoms with Gasteiger partial charge < -0.3 is 9.67 Å². The second-order valence-corrected chi connectivity index (χ2v) is 5.01. The number of hydrogen-bond acceptors (Lipinski definition) is 2. The third-order valence-electron chi connectivity index (χ3n) is 3.66. The van der Waals surface area contributed by atoms with Crippen LogP contribution in [-0.2, 0) is 13.5 Å². The smallest absolute Gasteiger partial charge is 0.0955 e. The number of benzene rings is 1. The molecule has 3 heteroatoms. The molecule has 1 saturated carbocycles. The summed E-state index contributed by atoms with van der Waals surface area (Å²) in [6, 6.07) is 6.41. The first-order chi connectivity index (χ1) is 7.72. The first kappa shape index (κ1) is 9.85. The number of aryl methyl sites for hydroxylation is 1. The minimum Gasteiger partial charge on any atom is -0.396 e. The normalized spacial score (nSPS) is 17.9. The second kappa shape index (κ2) is 3.32. The molecule has 0 radical (unpaired) electrons. The van der Waals surface area contributed by atoms with Crippen LogP contribution >= 0.6 is 0 Å². The van der Waals surface area contributed by atoms with Crippen LogP contribution in [0.3, 0.4) is 0 Å². The number of nitrogens with zero attached hydrogens (tertiary/aromatic N) is 2. The molecule has 1 fully saturated rings. The fourth-order valence-electron chi connectivity index (χ4n) is 2.29. The Kier molecular flexibility index (Phi) is 2.04. The standard InChI is InChI=1S/C13H16N2O/c1-15-9-14-11-6-10(2-3-12(11)15)7-13(8-16)4-5-13/h2-3,6,9,16H,4-5,7-8H2,1H3. The van der Waals surface area contributed by atoms with Gasteiger partial charge in [-0.25, -0.2) is 4.98 Å². The number of hydrogen-bond donors (Lipinski definition) is 1. The first-order valence-electron chi connectivity index (χ1n) is 5.73. The molecular weight excluding hydrogens is 200 g/mol. The Bertz CT molecular complexity index is 526. The molecule has 1 aromatic carbocycles. The Morgan fingerprint density at radius 1 is 1.44 bits per heavy atom. The zero-order valence-electron chi connectivity index (χ0n) is 9.48. The van der Waals surface area contributed by atoms with E-state index in [0.29, 0.717) is 6.61 Å². The highest BCUT2D eigenvalue weighted by molar-refractivity contribution is 5.75. The average molecular weight is 216 g/mol. The maximum atomic E-state index is 9.32. The van der Waals surface area contributed by atoms with Gasteiger partial charge in [0, 0.05) is 13.7 Å². The molecule has 16 heavy (non-hydrogen) atoms. The summed E-state index contributed by atoms with van der Waals surface area (Å²) in [6.07, 6.45) is 5.14. The van der Waals surface area contributed by atoms with Gasteiger partial charge in [-0.15, -0.1) is 0 Å². The monoisotopic (exact) mass is 216 g/mol. The zero-order valence-corrected chi connectivity index (χ0v) is 9.48. The molecule has 0 spiro atoms. The molecular formula is C13H16N2O. The van der Waals surface area contributed by atoms with Gasteiger partial charge >= 0.3 is 0 Å². The molecule has 3 nitrogen and oxygen atoms in total. The van der Waals surface area contributed by atoms with Crippen molar-refractivity contribution in [3.05, 3.63) is 30.1 Å². The molecule has 1 aliphatic carbocycles. The van der Waals surface area contributed by atoms with Crippen LogP contribution in [-0.4, -0.2) is 21.3 Å². The molecule has 0 amide bonds. The van der Waals surface area contributed by atoms with Crippen molar-refractivity contribution in [2.45, 2.75) is 19.3 Å². The van der Waals surface area contributed by atoms with Crippen LogP contribution in [0.25, 0.3) is 11.0 Å². The van der Waals surface area contributed by atoms with Crippen molar-refractivity contribution in [1.29, 1.82) is 0 Å². The number of aromatic nitrogens is 2. The Hall–Kier alpha value is -1.35. The molecule has 0 saturated heterocycles. The quantitative estimate of drug-likeness (QED) is 0.850. The van der Waals surface area contributed by atoms with Crippen LogP contribution in [0.1, 0.15) is 18.4 Å². The summed E-state index contributed by atoms with van der Waals surface area (Å²) in [5, 5.41) is 9.32. The highest BCUT2D eigenvalue weighted by atomic mass is 16.3. The van der Waals surface area contributed by atoms with Gasteiger partial charge in [-0.2, -0.15) is 0 Å². The van der Waals surface area contributed by atoms with Gasteiger partial charge in [-0.05, 0) is 42.4 Å². The first-order valence-corrected chi connectivity index (χ1v) is 5.73. The third kappa shape index (κ3) is 1.52. The predicted octanol–water partition coefficient (Wildman–Crippen LogP) is 1.89. The molecule has 1 heterocycles. The van der Waals surface area contributed by atoms with Crippen LogP contribution in [0.15, 0.2) is 24.5 Å². The Morgan fingerprint density at radius 2 is 2.25 bits per heavy atom. The summed E-state index contributed by atoms with van der Waals surface area (Å²) in [4.78, 5) is 4.36. The predicted molar refractivity (Wildman–Crippen MR) is 63.2 cm³/mol. The third-order valence-corrected chi connectivity index (χ3v) is 3.66. The zero-order chi connectivity index (χ0) is 11.2. The van der Waals surface area contributed by atoms with E-state index in [0.717, 1.165) is 30.3 Å². The van der Waals surface area contributed by atoms with E-state index in [1.807, 2.05) is 17.9 Å². The summed E-state index contributed by atoms with van der Waals surface area (Å²) >= 11 is 0. The van der Waals surface area contributed by atoms with Crippen molar-refractivity contribution < 1.29 is 5.11 Å². The van der Waals surface area contributed by atoms with E-state index in [-0.39, 0.29) is 5.41 Å². The summed E-state index contributed by atoms with van der Waals surface area (Å²) in [6.45, 7) is 0.313. The summed E-state index contributed by atoms with van der Waals surface area (Å²) in [5.41, 5.74) is 3.69. The highest BCUT2D eigenvalue weighted by Crippen LogP contribution is 2.47. The minimum absolute atomic E-state index is 0.183. The lowest BCUT2D eigenvalue weighted by Gasteiger charge is -2.11. The Balaban J connectivity index is 1.93. The molecule has 1 aromatic heterocycles. The van der Waals surface area contributed by atoms with E-state index in [1.54, 1.807) is 0 Å². The maximum Gasteiger partial charge on any atom is 0.0955 e. The van der Waals surface area contributed by atoms with Crippen molar-refractivity contribution in [2.24, 2.45) is 12.5 Å². The fourth-order valence-corrected chi connectivity index (χ4v) is 2.29. The SMILES string of the molecule is Cn1cnc2cc(CC3(CO)CC3)ccc21. The van der Waals surface area contributed by atoms with Crippen LogP contribution in [0.4, 0.5) is 0 Å². The number of fused-ring (bicyclic) bond motifs is 1. The van der Waals surface area contributed by atoms with Crippen molar-refractivity contribution in [3.8, 4) is 0 Å². The van der Waals surface area contributed by atoms with Crippen LogP contribution in [0, 0.1) is 5.41 Å². The minimum atomic E-state index is 0.183. The molecule has 84 valence electrons. The number of rotatable bonds is 3. The molecule has 1 aliphatic rings. The molecule has 0 aliphatic heterocycles. The highest BCUT2D eigenvalue weighted by Gasteiger charge is 2.41. The number of aliphatic hydroxyl groups excluding tert-OH is 1. The average Bonchev–Trinajstić information content (AvgIpc) is 2.98. The van der Waals surface area contributed by atoms with Crippen LogP contribution in [0.5, 0.6) is 0 Å². The van der Waals surface area contributed by atoms with Crippen molar-refractivity contribution in [1.82, 2.24) is 9.55 Å². The Labute approximate surface area is 94.7 Å². The fraction of sp³-hybridized carbons (Fsp3) is 0.462. The van der Waals surface area contributed by atoms with E-state index < -0.39 is 0 Å². The van der Waals surface area contributed by atoms with E-state index in [9.17, 15) is 5.11 Å². The maximum absolute atomic E-state index is 9.32. The van der Waals surface area contributed by atoms with Gasteiger partial charge in [-0.3, -0.25) is 0 Å². The summed E-state index contributed by atoms with van der Waals surface area (Å²) < 4.78 is 2.03. The van der Waals surface area contributed by atoms with Crippen LogP contribution in [0.2, 0.25) is 0 Å². The molecule has 0 bridgehead atoms. The van der Waals surface area contributed by atoms with E-state index in [1.165, 1.54) is 5.56 Å². The van der Waals surface area contributed by atoms with Gasteiger partial charge in [0.1, 0.15) is 0 Å². The van der Waals surface area contributed by atoms with E-state index in [2.05, 4.69) is 23.2 Å². The topological polar surface area (TPSA) is 38.0 Å². The molecule has 3 rings (SSSR count). The van der Waals surface area contributed by atoms with Crippen molar-refractivity contribution >= 4 is 11.0 Å². The van der Waals surface area contributed by atoms with Crippen LogP contribution < -0.4 is 0 Å². The van der Waals surface area contributed by atoms with E-state index >= 15 is 0 Å². The van der Waals surface area contributed by atoms with Gasteiger partial charge in [0.15, 0.2) is 0 Å². The van der Waals surface area contributed by atoms with Gasteiger partial charge in [-0.1, -0.05) is 6.07 Å². The Morgan fingerprint density at radius 3 is 2.94 bits per heavy atom. The lowest BCUT2D eigenvalue weighted by atomic mass is 9.97. The largest absolute Gasteiger partial charge is 0.396 e. The van der Waals surface area contributed by atoms with Gasteiger partial charge in [0.2, 0.25) is 0 Å². The van der Waals surface area contributed by atoms with E-state index in [4.69, 9.17) is 0 Å². The number of aliphatic hydroxyl groups is 1. The second-order valence-electron chi connectivity index (χ2n) is 5.01. The van der Waals surface area contributed by atoms with Gasteiger partial charge in [0.25, 0.3) is 0 Å². The van der Waals surface area contributed by atoms with Crippen molar-refractivity contribution in [2.75, 3.05) is 6.61 Å². The van der Waals surface area contributed by atoms with Gasteiger partial charge in [0.05, 0.1) is 17.4 Å². The summed E-state index contributed by atoms with van der Waals surface area (Å²) in [5.74, 6) is 0. The lowest BCUT2D eigenvalue weighted by Crippen LogP contribution is -2.09. The number of imidazole rings is 1.